The molecule has 0 saturated carbocycles. The number of hydrogen-bond acceptors (Lipinski definition) is 2. The van der Waals surface area contributed by atoms with E-state index >= 15 is 0 Å². The van der Waals surface area contributed by atoms with Gasteiger partial charge in [0.2, 0.25) is 0 Å². The van der Waals surface area contributed by atoms with Gasteiger partial charge >= 0.3 is 0 Å². The molecule has 2 nitrogen and oxygen atoms in total. The lowest BCUT2D eigenvalue weighted by Crippen LogP contribution is -1.92. The molecule has 70 valence electrons. The average molecular weight is 199 g/mol. The first-order chi connectivity index (χ1) is 6.06. The highest BCUT2D eigenvalue weighted by molar-refractivity contribution is 6.31. The van der Waals surface area contributed by atoms with Crippen LogP contribution in [0.5, 0.6) is 5.75 Å². The molecule has 0 unspecified atom stereocenters. The molecule has 0 aliphatic rings. The Kier molecular flexibility index (Phi) is 2.94. The van der Waals surface area contributed by atoms with Gasteiger partial charge in [-0.15, -0.1) is 0 Å². The SMILES string of the molecule is CC(C)c1cc(C=O)c(O)cc1Cl. The number of aromatic hydroxyl groups is 1. The van der Waals surface area contributed by atoms with Gasteiger partial charge in [0, 0.05) is 5.02 Å². The number of aldehydes is 1. The van der Waals surface area contributed by atoms with Crippen LogP contribution in [-0.2, 0) is 0 Å². The zero-order chi connectivity index (χ0) is 10.0. The van der Waals surface area contributed by atoms with Crippen LogP contribution in [0.3, 0.4) is 0 Å². The number of carbonyl (C=O) groups is 1. The number of carbonyl (C=O) groups excluding carboxylic acids is 1. The van der Waals surface area contributed by atoms with E-state index in [1.54, 1.807) is 6.07 Å². The highest BCUT2D eigenvalue weighted by atomic mass is 35.5. The lowest BCUT2D eigenvalue weighted by atomic mass is 10.0. The highest BCUT2D eigenvalue weighted by Gasteiger charge is 2.09. The fourth-order valence-corrected chi connectivity index (χ4v) is 1.51. The standard InChI is InChI=1S/C10H11ClO2/c1-6(2)8-3-7(5-12)10(13)4-9(8)11/h3-6,13H,1-2H3. The second kappa shape index (κ2) is 3.79. The van der Waals surface area contributed by atoms with Gasteiger partial charge in [-0.3, -0.25) is 4.79 Å². The van der Waals surface area contributed by atoms with Crippen LogP contribution in [0, 0.1) is 0 Å². The van der Waals surface area contributed by atoms with Gasteiger partial charge in [0.15, 0.2) is 6.29 Å². The second-order valence-electron chi connectivity index (χ2n) is 3.21. The molecule has 0 aliphatic carbocycles. The Hall–Kier alpha value is -1.02. The summed E-state index contributed by atoms with van der Waals surface area (Å²) in [4.78, 5) is 10.5. The molecule has 0 atom stereocenters. The summed E-state index contributed by atoms with van der Waals surface area (Å²) in [6.45, 7) is 3.96. The molecule has 0 radical (unpaired) electrons. The predicted octanol–water partition coefficient (Wildman–Crippen LogP) is 2.98. The average Bonchev–Trinajstić information content (AvgIpc) is 2.03. The van der Waals surface area contributed by atoms with E-state index in [0.717, 1.165) is 5.56 Å². The molecular formula is C10H11ClO2. The molecule has 0 spiro atoms. The Morgan fingerprint density at radius 3 is 2.54 bits per heavy atom. The first kappa shape index (κ1) is 10.1. The molecule has 1 N–H and O–H groups in total. The third-order valence-electron chi connectivity index (χ3n) is 1.89. The van der Waals surface area contributed by atoms with Crippen molar-refractivity contribution in [3.8, 4) is 5.75 Å². The van der Waals surface area contributed by atoms with Crippen molar-refractivity contribution in [2.24, 2.45) is 0 Å². The van der Waals surface area contributed by atoms with Gasteiger partial charge in [-0.2, -0.15) is 0 Å². The first-order valence-corrected chi connectivity index (χ1v) is 4.41. The summed E-state index contributed by atoms with van der Waals surface area (Å²) in [7, 11) is 0. The molecule has 3 heteroatoms. The largest absolute Gasteiger partial charge is 0.507 e. The summed E-state index contributed by atoms with van der Waals surface area (Å²) >= 11 is 5.88. The van der Waals surface area contributed by atoms with E-state index in [2.05, 4.69) is 0 Å². The summed E-state index contributed by atoms with van der Waals surface area (Å²) in [5.41, 5.74) is 1.16. The minimum absolute atomic E-state index is 0.0654. The van der Waals surface area contributed by atoms with Gasteiger partial charge in [0.1, 0.15) is 5.75 Å². The molecule has 0 aromatic heterocycles. The van der Waals surface area contributed by atoms with Crippen LogP contribution in [-0.4, -0.2) is 11.4 Å². The molecule has 0 aliphatic heterocycles. The van der Waals surface area contributed by atoms with Crippen LogP contribution in [0.2, 0.25) is 5.02 Å². The van der Waals surface area contributed by atoms with E-state index in [9.17, 15) is 9.90 Å². The monoisotopic (exact) mass is 198 g/mol. The molecule has 1 rings (SSSR count). The fourth-order valence-electron chi connectivity index (χ4n) is 1.13. The number of hydrogen-bond donors (Lipinski definition) is 1. The number of phenols is 1. The quantitative estimate of drug-likeness (QED) is 0.742. The van der Waals surface area contributed by atoms with E-state index in [1.165, 1.54) is 6.07 Å². The van der Waals surface area contributed by atoms with Crippen molar-refractivity contribution in [1.82, 2.24) is 0 Å². The van der Waals surface area contributed by atoms with Gasteiger partial charge < -0.3 is 5.11 Å². The number of rotatable bonds is 2. The lowest BCUT2D eigenvalue weighted by Gasteiger charge is -2.09. The number of halogens is 1. The van der Waals surface area contributed by atoms with Crippen molar-refractivity contribution in [2.45, 2.75) is 19.8 Å². The second-order valence-corrected chi connectivity index (χ2v) is 3.61. The van der Waals surface area contributed by atoms with Crippen LogP contribution in [0.4, 0.5) is 0 Å². The molecular weight excluding hydrogens is 188 g/mol. The zero-order valence-electron chi connectivity index (χ0n) is 7.54. The summed E-state index contributed by atoms with van der Waals surface area (Å²) in [6, 6.07) is 3.02. The zero-order valence-corrected chi connectivity index (χ0v) is 8.30. The van der Waals surface area contributed by atoms with Crippen LogP contribution in [0.25, 0.3) is 0 Å². The maximum absolute atomic E-state index is 10.5. The minimum Gasteiger partial charge on any atom is -0.507 e. The third-order valence-corrected chi connectivity index (χ3v) is 2.22. The molecule has 13 heavy (non-hydrogen) atoms. The van der Waals surface area contributed by atoms with Gasteiger partial charge in [-0.05, 0) is 23.6 Å². The minimum atomic E-state index is -0.0654. The fraction of sp³-hybridized carbons (Fsp3) is 0.300. The van der Waals surface area contributed by atoms with Gasteiger partial charge in [-0.25, -0.2) is 0 Å². The Labute approximate surface area is 82.2 Å². The smallest absolute Gasteiger partial charge is 0.153 e. The van der Waals surface area contributed by atoms with E-state index in [0.29, 0.717) is 11.3 Å². The lowest BCUT2D eigenvalue weighted by molar-refractivity contribution is 0.112. The third kappa shape index (κ3) is 2.01. The van der Waals surface area contributed by atoms with Crippen molar-refractivity contribution in [3.63, 3.8) is 0 Å². The summed E-state index contributed by atoms with van der Waals surface area (Å²) < 4.78 is 0. The van der Waals surface area contributed by atoms with Crippen LogP contribution in [0.15, 0.2) is 12.1 Å². The van der Waals surface area contributed by atoms with Crippen molar-refractivity contribution in [1.29, 1.82) is 0 Å². The van der Waals surface area contributed by atoms with Crippen LogP contribution >= 0.6 is 11.6 Å². The molecule has 0 amide bonds. The Morgan fingerprint density at radius 1 is 1.46 bits per heavy atom. The molecule has 0 fully saturated rings. The number of phenolic OH excluding ortho intramolecular Hbond substituents is 1. The van der Waals surface area contributed by atoms with Crippen LogP contribution in [0.1, 0.15) is 35.7 Å². The Balaban J connectivity index is 3.30. The van der Waals surface area contributed by atoms with E-state index < -0.39 is 0 Å². The summed E-state index contributed by atoms with van der Waals surface area (Å²) in [6.07, 6.45) is 0.623. The van der Waals surface area contributed by atoms with Crippen molar-refractivity contribution in [2.75, 3.05) is 0 Å². The van der Waals surface area contributed by atoms with Crippen molar-refractivity contribution < 1.29 is 9.90 Å². The van der Waals surface area contributed by atoms with E-state index in [1.807, 2.05) is 13.8 Å². The highest BCUT2D eigenvalue weighted by Crippen LogP contribution is 2.29. The van der Waals surface area contributed by atoms with Crippen LogP contribution < -0.4 is 0 Å². The Bertz CT molecular complexity index is 332. The van der Waals surface area contributed by atoms with Gasteiger partial charge in [-0.1, -0.05) is 25.4 Å². The summed E-state index contributed by atoms with van der Waals surface area (Å²) in [5, 5.41) is 9.78. The molecule has 1 aromatic rings. The molecule has 0 saturated heterocycles. The maximum atomic E-state index is 10.5. The molecule has 1 aromatic carbocycles. The van der Waals surface area contributed by atoms with Crippen molar-refractivity contribution >= 4 is 17.9 Å². The van der Waals surface area contributed by atoms with Crippen molar-refractivity contribution in [3.05, 3.63) is 28.3 Å². The van der Waals surface area contributed by atoms with E-state index in [-0.39, 0.29) is 17.2 Å². The number of benzene rings is 1. The van der Waals surface area contributed by atoms with Gasteiger partial charge in [0.25, 0.3) is 0 Å². The maximum Gasteiger partial charge on any atom is 0.153 e. The predicted molar refractivity (Wildman–Crippen MR) is 52.6 cm³/mol. The van der Waals surface area contributed by atoms with Gasteiger partial charge in [0.05, 0.1) is 5.56 Å². The Morgan fingerprint density at radius 2 is 2.08 bits per heavy atom. The summed E-state index contributed by atoms with van der Waals surface area (Å²) in [5.74, 6) is 0.177. The van der Waals surface area contributed by atoms with E-state index in [4.69, 9.17) is 11.6 Å². The normalized spacial score (nSPS) is 10.5. The molecule has 0 heterocycles. The molecule has 0 bridgehead atoms. The topological polar surface area (TPSA) is 37.3 Å². The first-order valence-electron chi connectivity index (χ1n) is 4.04.